The monoisotopic (exact) mass is 252 g/mol. The van der Waals surface area contributed by atoms with Gasteiger partial charge in [0.2, 0.25) is 0 Å². The summed E-state index contributed by atoms with van der Waals surface area (Å²) in [6.45, 7) is 2.27. The van der Waals surface area contributed by atoms with Gasteiger partial charge in [0.05, 0.1) is 6.10 Å². The first-order valence-electron chi connectivity index (χ1n) is 8.52. The first kappa shape index (κ1) is 14.4. The maximum atomic E-state index is 10.2. The Hall–Kier alpha value is -0.0400. The van der Waals surface area contributed by atoms with Crippen molar-refractivity contribution in [2.45, 2.75) is 90.1 Å². The van der Waals surface area contributed by atoms with Crippen LogP contribution in [-0.2, 0) is 0 Å². The van der Waals surface area contributed by atoms with Gasteiger partial charge in [-0.15, -0.1) is 0 Å². The highest BCUT2D eigenvalue weighted by Crippen LogP contribution is 2.59. The van der Waals surface area contributed by atoms with E-state index in [2.05, 4.69) is 6.92 Å². The van der Waals surface area contributed by atoms with Gasteiger partial charge in [-0.1, -0.05) is 64.7 Å². The van der Waals surface area contributed by atoms with E-state index in [1.807, 2.05) is 0 Å². The lowest BCUT2D eigenvalue weighted by atomic mass is 10.00. The van der Waals surface area contributed by atoms with E-state index < -0.39 is 0 Å². The van der Waals surface area contributed by atoms with Gasteiger partial charge in [-0.3, -0.25) is 0 Å². The highest BCUT2D eigenvalue weighted by atomic mass is 16.3. The first-order chi connectivity index (χ1) is 8.84. The summed E-state index contributed by atoms with van der Waals surface area (Å²) in [5.74, 6) is 2.56. The molecule has 0 aromatic rings. The third-order valence-corrected chi connectivity index (χ3v) is 5.27. The van der Waals surface area contributed by atoms with Crippen molar-refractivity contribution >= 4 is 0 Å². The molecule has 0 bridgehead atoms. The van der Waals surface area contributed by atoms with Crippen molar-refractivity contribution in [3.63, 3.8) is 0 Å². The molecular weight excluding hydrogens is 220 g/mol. The smallest absolute Gasteiger partial charge is 0.0573 e. The molecule has 0 heterocycles. The van der Waals surface area contributed by atoms with Crippen molar-refractivity contribution < 1.29 is 5.11 Å². The molecule has 0 aromatic heterocycles. The Labute approximate surface area is 113 Å². The number of aliphatic hydroxyl groups excluding tert-OH is 1. The largest absolute Gasteiger partial charge is 0.393 e. The molecule has 2 fully saturated rings. The molecule has 0 aliphatic heterocycles. The SMILES string of the molecule is CCCCCCCCCCC(O)C1C2CCCC21. The van der Waals surface area contributed by atoms with Crippen LogP contribution in [0.25, 0.3) is 0 Å². The number of fused-ring (bicyclic) bond motifs is 1. The van der Waals surface area contributed by atoms with Crippen LogP contribution in [-0.4, -0.2) is 11.2 Å². The average molecular weight is 252 g/mol. The highest BCUT2D eigenvalue weighted by Gasteiger charge is 2.55. The van der Waals surface area contributed by atoms with Gasteiger partial charge < -0.3 is 5.11 Å². The van der Waals surface area contributed by atoms with Crippen LogP contribution in [0.3, 0.4) is 0 Å². The number of rotatable bonds is 10. The summed E-state index contributed by atoms with van der Waals surface area (Å²) in [5.41, 5.74) is 0. The Bertz CT molecular complexity index is 216. The van der Waals surface area contributed by atoms with Gasteiger partial charge in [-0.05, 0) is 37.0 Å². The van der Waals surface area contributed by atoms with Crippen molar-refractivity contribution in [3.05, 3.63) is 0 Å². The second-order valence-electron chi connectivity index (χ2n) is 6.67. The predicted octanol–water partition coefficient (Wildman–Crippen LogP) is 4.92. The molecule has 2 aliphatic carbocycles. The summed E-state index contributed by atoms with van der Waals surface area (Å²) in [6, 6.07) is 0. The fourth-order valence-corrected chi connectivity index (χ4v) is 4.13. The summed E-state index contributed by atoms with van der Waals surface area (Å²) < 4.78 is 0. The van der Waals surface area contributed by atoms with Crippen LogP contribution < -0.4 is 0 Å². The minimum Gasteiger partial charge on any atom is -0.393 e. The molecule has 2 rings (SSSR count). The van der Waals surface area contributed by atoms with E-state index in [0.717, 1.165) is 18.3 Å². The molecule has 106 valence electrons. The van der Waals surface area contributed by atoms with Crippen LogP contribution in [0, 0.1) is 17.8 Å². The first-order valence-corrected chi connectivity index (χ1v) is 8.52. The molecule has 0 spiro atoms. The van der Waals surface area contributed by atoms with Crippen LogP contribution in [0.2, 0.25) is 0 Å². The van der Waals surface area contributed by atoms with Gasteiger partial charge >= 0.3 is 0 Å². The van der Waals surface area contributed by atoms with E-state index in [9.17, 15) is 5.11 Å². The van der Waals surface area contributed by atoms with Gasteiger partial charge in [-0.25, -0.2) is 0 Å². The van der Waals surface area contributed by atoms with Crippen molar-refractivity contribution in [1.29, 1.82) is 0 Å². The van der Waals surface area contributed by atoms with Crippen LogP contribution >= 0.6 is 0 Å². The average Bonchev–Trinajstić information content (AvgIpc) is 2.86. The molecule has 1 heteroatoms. The maximum absolute atomic E-state index is 10.2. The predicted molar refractivity (Wildman–Crippen MR) is 77.6 cm³/mol. The van der Waals surface area contributed by atoms with Crippen LogP contribution in [0.1, 0.15) is 84.0 Å². The lowest BCUT2D eigenvalue weighted by Gasteiger charge is -2.12. The second-order valence-corrected chi connectivity index (χ2v) is 6.67. The maximum Gasteiger partial charge on any atom is 0.0573 e. The fourth-order valence-electron chi connectivity index (χ4n) is 4.13. The molecule has 0 amide bonds. The summed E-state index contributed by atoms with van der Waals surface area (Å²) in [6.07, 6.45) is 16.3. The molecule has 2 aliphatic rings. The lowest BCUT2D eigenvalue weighted by molar-refractivity contribution is 0.123. The Kier molecular flexibility index (Phi) is 6.01. The van der Waals surface area contributed by atoms with Gasteiger partial charge in [0.1, 0.15) is 0 Å². The molecule has 18 heavy (non-hydrogen) atoms. The Balaban J connectivity index is 1.39. The minimum atomic E-state index is 0.0420. The number of hydrogen-bond acceptors (Lipinski definition) is 1. The van der Waals surface area contributed by atoms with Crippen LogP contribution in [0.5, 0.6) is 0 Å². The second kappa shape index (κ2) is 7.53. The molecule has 1 N–H and O–H groups in total. The van der Waals surface area contributed by atoms with Crippen molar-refractivity contribution in [1.82, 2.24) is 0 Å². The topological polar surface area (TPSA) is 20.2 Å². The zero-order valence-electron chi connectivity index (χ0n) is 12.2. The highest BCUT2D eigenvalue weighted by molar-refractivity contribution is 5.03. The third-order valence-electron chi connectivity index (χ3n) is 5.27. The van der Waals surface area contributed by atoms with Crippen molar-refractivity contribution in [3.8, 4) is 0 Å². The minimum absolute atomic E-state index is 0.0420. The molecule has 0 saturated heterocycles. The molecule has 2 saturated carbocycles. The van der Waals surface area contributed by atoms with E-state index >= 15 is 0 Å². The van der Waals surface area contributed by atoms with Gasteiger partial charge in [0, 0.05) is 0 Å². The summed E-state index contributed by atoms with van der Waals surface area (Å²) in [7, 11) is 0. The Morgan fingerprint density at radius 3 is 2.06 bits per heavy atom. The number of aliphatic hydroxyl groups is 1. The van der Waals surface area contributed by atoms with Crippen LogP contribution in [0.4, 0.5) is 0 Å². The van der Waals surface area contributed by atoms with E-state index in [1.54, 1.807) is 0 Å². The van der Waals surface area contributed by atoms with Crippen molar-refractivity contribution in [2.24, 2.45) is 17.8 Å². The lowest BCUT2D eigenvalue weighted by Crippen LogP contribution is -2.12. The van der Waals surface area contributed by atoms with E-state index in [0.29, 0.717) is 5.92 Å². The molecule has 1 nitrogen and oxygen atoms in total. The Morgan fingerprint density at radius 2 is 1.44 bits per heavy atom. The van der Waals surface area contributed by atoms with Gasteiger partial charge in [0.15, 0.2) is 0 Å². The quantitative estimate of drug-likeness (QED) is 0.547. The number of hydrogen-bond donors (Lipinski definition) is 1. The molecular formula is C17H32O. The van der Waals surface area contributed by atoms with E-state index in [4.69, 9.17) is 0 Å². The zero-order chi connectivity index (χ0) is 12.8. The summed E-state index contributed by atoms with van der Waals surface area (Å²) in [5, 5.41) is 10.2. The van der Waals surface area contributed by atoms with E-state index in [1.165, 1.54) is 70.6 Å². The standard InChI is InChI=1S/C17H32O/c1-2-3-4-5-6-7-8-9-13-16(18)17-14-11-10-12-15(14)17/h14-18H,2-13H2,1H3. The number of unbranched alkanes of at least 4 members (excludes halogenated alkanes) is 7. The molecule has 0 aromatic carbocycles. The van der Waals surface area contributed by atoms with E-state index in [-0.39, 0.29) is 6.10 Å². The molecule has 3 atom stereocenters. The van der Waals surface area contributed by atoms with Gasteiger partial charge in [0.25, 0.3) is 0 Å². The molecule has 0 radical (unpaired) electrons. The summed E-state index contributed by atoms with van der Waals surface area (Å²) in [4.78, 5) is 0. The molecule has 3 unspecified atom stereocenters. The fraction of sp³-hybridized carbons (Fsp3) is 1.00. The zero-order valence-corrected chi connectivity index (χ0v) is 12.2. The van der Waals surface area contributed by atoms with Gasteiger partial charge in [-0.2, -0.15) is 0 Å². The Morgan fingerprint density at radius 1 is 0.889 bits per heavy atom. The third kappa shape index (κ3) is 3.98. The van der Waals surface area contributed by atoms with Crippen molar-refractivity contribution in [2.75, 3.05) is 0 Å². The van der Waals surface area contributed by atoms with Crippen LogP contribution in [0.15, 0.2) is 0 Å². The summed E-state index contributed by atoms with van der Waals surface area (Å²) >= 11 is 0. The normalized spacial score (nSPS) is 31.3.